The molecule has 1 aliphatic rings. The Balaban J connectivity index is 2.01. The number of aliphatic hydroxyl groups excluding tert-OH is 1. The number of halogens is 1. The molecule has 1 aliphatic heterocycles. The Labute approximate surface area is 123 Å². The van der Waals surface area contributed by atoms with Crippen LogP contribution in [0.5, 0.6) is 0 Å². The van der Waals surface area contributed by atoms with Gasteiger partial charge in [-0.1, -0.05) is 6.07 Å². The van der Waals surface area contributed by atoms with Crippen molar-refractivity contribution in [2.24, 2.45) is 0 Å². The number of hydrogen-bond acceptors (Lipinski definition) is 4. The van der Waals surface area contributed by atoms with Crippen LogP contribution in [0.15, 0.2) is 18.2 Å². The zero-order valence-electron chi connectivity index (χ0n) is 12.4. The van der Waals surface area contributed by atoms with E-state index in [4.69, 9.17) is 4.74 Å². The van der Waals surface area contributed by atoms with Gasteiger partial charge in [0.05, 0.1) is 18.4 Å². The highest BCUT2D eigenvalue weighted by atomic mass is 19.1. The summed E-state index contributed by atoms with van der Waals surface area (Å²) in [7, 11) is 0. The monoisotopic (exact) mass is 296 g/mol. The third kappa shape index (κ3) is 3.64. The minimum atomic E-state index is -0.686. The van der Waals surface area contributed by atoms with Crippen LogP contribution in [0.1, 0.15) is 25.5 Å². The molecule has 1 aromatic rings. The summed E-state index contributed by atoms with van der Waals surface area (Å²) in [6.07, 6.45) is -1.00. The van der Waals surface area contributed by atoms with Gasteiger partial charge in [0.25, 0.3) is 0 Å². The number of aliphatic hydroxyl groups is 1. The van der Waals surface area contributed by atoms with Crippen molar-refractivity contribution in [3.05, 3.63) is 29.6 Å². The molecule has 116 valence electrons. The molecule has 1 heterocycles. The topological polar surface area (TPSA) is 53.0 Å². The lowest BCUT2D eigenvalue weighted by Crippen LogP contribution is -2.49. The van der Waals surface area contributed by atoms with E-state index in [0.717, 1.165) is 0 Å². The smallest absolute Gasteiger partial charge is 0.409 e. The minimum Gasteiger partial charge on any atom is -0.450 e. The molecule has 0 saturated carbocycles. The molecule has 1 atom stereocenters. The number of amides is 1. The van der Waals surface area contributed by atoms with E-state index in [2.05, 4.69) is 0 Å². The average Bonchev–Trinajstić information content (AvgIpc) is 2.47. The Hall–Kier alpha value is -1.82. The van der Waals surface area contributed by atoms with E-state index in [1.54, 1.807) is 30.9 Å². The molecule has 1 N–H and O–H groups in total. The molecule has 1 aromatic carbocycles. The van der Waals surface area contributed by atoms with Gasteiger partial charge in [0.2, 0.25) is 0 Å². The van der Waals surface area contributed by atoms with E-state index >= 15 is 0 Å². The highest BCUT2D eigenvalue weighted by Gasteiger charge is 2.23. The molecule has 6 heteroatoms. The van der Waals surface area contributed by atoms with Crippen molar-refractivity contribution >= 4 is 11.8 Å². The van der Waals surface area contributed by atoms with Crippen molar-refractivity contribution in [3.8, 4) is 0 Å². The molecule has 1 amide bonds. The predicted octanol–water partition coefficient (Wildman–Crippen LogP) is 2.16. The Morgan fingerprint density at radius 2 is 2.05 bits per heavy atom. The van der Waals surface area contributed by atoms with Crippen LogP contribution in [0.3, 0.4) is 0 Å². The highest BCUT2D eigenvalue weighted by molar-refractivity contribution is 5.68. The average molecular weight is 296 g/mol. The molecule has 0 aliphatic carbocycles. The first-order chi connectivity index (χ1) is 10.0. The first-order valence-corrected chi connectivity index (χ1v) is 7.17. The van der Waals surface area contributed by atoms with Crippen LogP contribution in [-0.4, -0.2) is 48.9 Å². The number of benzene rings is 1. The zero-order valence-corrected chi connectivity index (χ0v) is 12.4. The number of rotatable bonds is 3. The van der Waals surface area contributed by atoms with Crippen LogP contribution in [0.4, 0.5) is 14.9 Å². The lowest BCUT2D eigenvalue weighted by Gasteiger charge is -2.35. The van der Waals surface area contributed by atoms with Crippen molar-refractivity contribution in [3.63, 3.8) is 0 Å². The number of carbonyl (C=O) groups excluding carboxylic acids is 1. The SMILES string of the molecule is CCOC(=O)N1CCN(c2ccc([C@@H](C)O)cc2F)CC1. The van der Waals surface area contributed by atoms with Gasteiger partial charge in [0.1, 0.15) is 5.82 Å². The van der Waals surface area contributed by atoms with E-state index < -0.39 is 6.10 Å². The molecule has 1 saturated heterocycles. The Morgan fingerprint density at radius 1 is 1.38 bits per heavy atom. The third-order valence-corrected chi connectivity index (χ3v) is 3.60. The van der Waals surface area contributed by atoms with Gasteiger partial charge in [0.15, 0.2) is 0 Å². The molecule has 0 spiro atoms. The molecule has 0 bridgehead atoms. The maximum atomic E-state index is 14.1. The Kier molecular flexibility index (Phi) is 5.01. The van der Waals surface area contributed by atoms with Crippen LogP contribution >= 0.6 is 0 Å². The Bertz CT molecular complexity index is 500. The van der Waals surface area contributed by atoms with E-state index in [-0.39, 0.29) is 11.9 Å². The van der Waals surface area contributed by atoms with Crippen LogP contribution < -0.4 is 4.90 Å². The summed E-state index contributed by atoms with van der Waals surface area (Å²) in [4.78, 5) is 15.1. The normalized spacial score (nSPS) is 16.8. The van der Waals surface area contributed by atoms with E-state index in [9.17, 15) is 14.3 Å². The van der Waals surface area contributed by atoms with Gasteiger partial charge in [0, 0.05) is 26.2 Å². The molecular formula is C15H21FN2O3. The van der Waals surface area contributed by atoms with Gasteiger partial charge < -0.3 is 19.6 Å². The van der Waals surface area contributed by atoms with Crippen molar-refractivity contribution < 1.29 is 19.0 Å². The quantitative estimate of drug-likeness (QED) is 0.928. The van der Waals surface area contributed by atoms with Crippen LogP contribution in [-0.2, 0) is 4.74 Å². The molecule has 0 aromatic heterocycles. The fraction of sp³-hybridized carbons (Fsp3) is 0.533. The molecule has 0 radical (unpaired) electrons. The molecule has 21 heavy (non-hydrogen) atoms. The largest absolute Gasteiger partial charge is 0.450 e. The zero-order chi connectivity index (χ0) is 15.4. The second kappa shape index (κ2) is 6.76. The number of nitrogens with zero attached hydrogens (tertiary/aromatic N) is 2. The van der Waals surface area contributed by atoms with Gasteiger partial charge >= 0.3 is 6.09 Å². The summed E-state index contributed by atoms with van der Waals surface area (Å²) in [5.41, 5.74) is 1.06. The maximum Gasteiger partial charge on any atom is 0.409 e. The summed E-state index contributed by atoms with van der Waals surface area (Å²) >= 11 is 0. The summed E-state index contributed by atoms with van der Waals surface area (Å²) in [5.74, 6) is -0.349. The van der Waals surface area contributed by atoms with Gasteiger partial charge in [-0.2, -0.15) is 0 Å². The standard InChI is InChI=1S/C15H21FN2O3/c1-3-21-15(20)18-8-6-17(7-9-18)14-5-4-12(11(2)19)10-13(14)16/h4-5,10-11,19H,3,6-9H2,1-2H3/t11-/m1/s1. The summed E-state index contributed by atoms with van der Waals surface area (Å²) in [6.45, 7) is 5.87. The highest BCUT2D eigenvalue weighted by Crippen LogP contribution is 2.24. The Morgan fingerprint density at radius 3 is 2.57 bits per heavy atom. The number of ether oxygens (including phenoxy) is 1. The lowest BCUT2D eigenvalue weighted by atomic mass is 10.1. The molecule has 2 rings (SSSR count). The first-order valence-electron chi connectivity index (χ1n) is 7.17. The molecule has 0 unspecified atom stereocenters. The van der Waals surface area contributed by atoms with Gasteiger partial charge in [-0.05, 0) is 31.5 Å². The van der Waals surface area contributed by atoms with Crippen LogP contribution in [0.2, 0.25) is 0 Å². The molecule has 5 nitrogen and oxygen atoms in total. The number of hydrogen-bond donors (Lipinski definition) is 1. The lowest BCUT2D eigenvalue weighted by molar-refractivity contribution is 0.105. The molecule has 1 fully saturated rings. The van der Waals surface area contributed by atoms with Crippen molar-refractivity contribution in [2.75, 3.05) is 37.7 Å². The minimum absolute atomic E-state index is 0.318. The summed E-state index contributed by atoms with van der Waals surface area (Å²) < 4.78 is 19.1. The fourth-order valence-corrected chi connectivity index (χ4v) is 2.38. The first kappa shape index (κ1) is 15.6. The number of piperazine rings is 1. The third-order valence-electron chi connectivity index (χ3n) is 3.60. The van der Waals surface area contributed by atoms with Crippen molar-refractivity contribution in [1.29, 1.82) is 0 Å². The van der Waals surface area contributed by atoms with Gasteiger partial charge in [-0.15, -0.1) is 0 Å². The molecular weight excluding hydrogens is 275 g/mol. The second-order valence-electron chi connectivity index (χ2n) is 5.06. The summed E-state index contributed by atoms with van der Waals surface area (Å²) in [6, 6.07) is 4.76. The predicted molar refractivity (Wildman–Crippen MR) is 77.8 cm³/mol. The second-order valence-corrected chi connectivity index (χ2v) is 5.06. The van der Waals surface area contributed by atoms with Gasteiger partial charge in [-0.3, -0.25) is 0 Å². The fourth-order valence-electron chi connectivity index (χ4n) is 2.38. The maximum absolute atomic E-state index is 14.1. The van der Waals surface area contributed by atoms with Crippen LogP contribution in [0.25, 0.3) is 0 Å². The van der Waals surface area contributed by atoms with E-state index in [1.807, 2.05) is 4.90 Å². The van der Waals surface area contributed by atoms with Crippen molar-refractivity contribution in [1.82, 2.24) is 4.90 Å². The van der Waals surface area contributed by atoms with Gasteiger partial charge in [-0.25, -0.2) is 9.18 Å². The summed E-state index contributed by atoms with van der Waals surface area (Å²) in [5, 5.41) is 9.46. The van der Waals surface area contributed by atoms with E-state index in [0.29, 0.717) is 44.0 Å². The number of anilines is 1. The van der Waals surface area contributed by atoms with Crippen molar-refractivity contribution in [2.45, 2.75) is 20.0 Å². The number of carbonyl (C=O) groups is 1. The van der Waals surface area contributed by atoms with Crippen LogP contribution in [0, 0.1) is 5.82 Å². The van der Waals surface area contributed by atoms with E-state index in [1.165, 1.54) is 6.07 Å².